The highest BCUT2D eigenvalue weighted by Gasteiger charge is 2.17. The molecule has 1 N–H and O–H groups in total. The first-order valence-corrected chi connectivity index (χ1v) is 7.22. The summed E-state index contributed by atoms with van der Waals surface area (Å²) < 4.78 is 2.06. The average Bonchev–Trinajstić information content (AvgIpc) is 2.76. The van der Waals surface area contributed by atoms with Gasteiger partial charge in [-0.2, -0.15) is 0 Å². The maximum absolute atomic E-state index is 10.6. The van der Waals surface area contributed by atoms with Gasteiger partial charge >= 0.3 is 0 Å². The molecule has 1 heterocycles. The first-order chi connectivity index (χ1) is 10.1. The average molecular weight is 280 g/mol. The first kappa shape index (κ1) is 13.8. The Morgan fingerprint density at radius 3 is 2.38 bits per heavy atom. The monoisotopic (exact) mass is 280 g/mol. The van der Waals surface area contributed by atoms with Crippen LogP contribution in [0.5, 0.6) is 0 Å². The van der Waals surface area contributed by atoms with Gasteiger partial charge in [0.05, 0.1) is 17.1 Å². The maximum Gasteiger partial charge on any atom is 0.112 e. The van der Waals surface area contributed by atoms with Crippen LogP contribution in [-0.4, -0.2) is 14.7 Å². The van der Waals surface area contributed by atoms with Crippen LogP contribution in [0.3, 0.4) is 0 Å². The van der Waals surface area contributed by atoms with Crippen molar-refractivity contribution in [1.82, 2.24) is 9.55 Å². The van der Waals surface area contributed by atoms with Crippen LogP contribution in [0.4, 0.5) is 0 Å². The summed E-state index contributed by atoms with van der Waals surface area (Å²) in [6.07, 6.45) is -0.00152. The predicted molar refractivity (Wildman–Crippen MR) is 85.3 cm³/mol. The molecule has 0 radical (unpaired) electrons. The molecule has 21 heavy (non-hydrogen) atoms. The Hall–Kier alpha value is -2.13. The molecule has 3 aromatic rings. The highest BCUT2D eigenvalue weighted by molar-refractivity contribution is 5.75. The Morgan fingerprint density at radius 2 is 1.71 bits per heavy atom. The van der Waals surface area contributed by atoms with Gasteiger partial charge in [0.25, 0.3) is 0 Å². The molecule has 0 fully saturated rings. The summed E-state index contributed by atoms with van der Waals surface area (Å²) in [5.74, 6) is 0.909. The lowest BCUT2D eigenvalue weighted by Crippen LogP contribution is -2.09. The van der Waals surface area contributed by atoms with Gasteiger partial charge in [-0.05, 0) is 42.7 Å². The van der Waals surface area contributed by atoms with Crippen molar-refractivity contribution in [3.63, 3.8) is 0 Å². The van der Waals surface area contributed by atoms with E-state index in [2.05, 4.69) is 15.6 Å². The fraction of sp³-hybridized carbons (Fsp3) is 0.278. The number of aromatic nitrogens is 2. The molecule has 3 rings (SSSR count). The molecule has 3 heteroatoms. The van der Waals surface area contributed by atoms with Crippen LogP contribution in [0.1, 0.15) is 28.6 Å². The summed E-state index contributed by atoms with van der Waals surface area (Å²) >= 11 is 0. The first-order valence-electron chi connectivity index (χ1n) is 7.22. The topological polar surface area (TPSA) is 38.1 Å². The number of hydrogen-bond acceptors (Lipinski definition) is 2. The fourth-order valence-electron chi connectivity index (χ4n) is 3.01. The Bertz CT molecular complexity index is 769. The van der Waals surface area contributed by atoms with E-state index in [9.17, 15) is 5.11 Å². The van der Waals surface area contributed by atoms with Crippen LogP contribution >= 0.6 is 0 Å². The van der Waals surface area contributed by atoms with Gasteiger partial charge in [0, 0.05) is 13.5 Å². The second-order valence-electron chi connectivity index (χ2n) is 5.60. The SMILES string of the molecule is Cc1cccc(C)c1C(O)Cc1nc2ccccc2n1C. The number of aryl methyl sites for hydroxylation is 3. The Kier molecular flexibility index (Phi) is 3.52. The van der Waals surface area contributed by atoms with Crippen LogP contribution in [-0.2, 0) is 13.5 Å². The molecule has 0 aliphatic carbocycles. The van der Waals surface area contributed by atoms with Crippen molar-refractivity contribution in [2.75, 3.05) is 0 Å². The van der Waals surface area contributed by atoms with E-state index in [4.69, 9.17) is 0 Å². The number of para-hydroxylation sites is 2. The number of nitrogens with zero attached hydrogens (tertiary/aromatic N) is 2. The number of aliphatic hydroxyl groups excluding tert-OH is 1. The second kappa shape index (κ2) is 5.34. The quantitative estimate of drug-likeness (QED) is 0.797. The van der Waals surface area contributed by atoms with Crippen LogP contribution in [0.15, 0.2) is 42.5 Å². The molecule has 0 amide bonds. The van der Waals surface area contributed by atoms with Crippen molar-refractivity contribution in [2.45, 2.75) is 26.4 Å². The van der Waals surface area contributed by atoms with Gasteiger partial charge in [-0.25, -0.2) is 4.98 Å². The Balaban J connectivity index is 1.97. The number of fused-ring (bicyclic) bond motifs is 1. The van der Waals surface area contributed by atoms with Crippen LogP contribution in [0.2, 0.25) is 0 Å². The van der Waals surface area contributed by atoms with Gasteiger partial charge in [-0.3, -0.25) is 0 Å². The lowest BCUT2D eigenvalue weighted by molar-refractivity contribution is 0.173. The molecule has 1 aromatic heterocycles. The van der Waals surface area contributed by atoms with E-state index in [0.717, 1.165) is 33.5 Å². The minimum atomic E-state index is -0.526. The largest absolute Gasteiger partial charge is 0.388 e. The van der Waals surface area contributed by atoms with E-state index in [1.165, 1.54) is 0 Å². The van der Waals surface area contributed by atoms with E-state index < -0.39 is 6.10 Å². The third-order valence-electron chi connectivity index (χ3n) is 4.13. The zero-order chi connectivity index (χ0) is 15.0. The highest BCUT2D eigenvalue weighted by Crippen LogP contribution is 2.25. The van der Waals surface area contributed by atoms with Gasteiger partial charge in [0.1, 0.15) is 5.82 Å². The molecular weight excluding hydrogens is 260 g/mol. The molecule has 1 unspecified atom stereocenters. The fourth-order valence-corrected chi connectivity index (χ4v) is 3.01. The third-order valence-corrected chi connectivity index (χ3v) is 4.13. The van der Waals surface area contributed by atoms with E-state index in [1.807, 2.05) is 57.3 Å². The third kappa shape index (κ3) is 2.45. The Morgan fingerprint density at radius 1 is 1.05 bits per heavy atom. The van der Waals surface area contributed by atoms with Gasteiger partial charge in [-0.15, -0.1) is 0 Å². The molecule has 3 nitrogen and oxygen atoms in total. The molecule has 2 aromatic carbocycles. The summed E-state index contributed by atoms with van der Waals surface area (Å²) in [7, 11) is 2.00. The second-order valence-corrected chi connectivity index (χ2v) is 5.60. The van der Waals surface area contributed by atoms with Crippen molar-refractivity contribution in [3.8, 4) is 0 Å². The minimum absolute atomic E-state index is 0.525. The number of imidazole rings is 1. The molecule has 108 valence electrons. The van der Waals surface area contributed by atoms with Crippen molar-refractivity contribution in [3.05, 3.63) is 65.0 Å². The number of aliphatic hydroxyl groups is 1. The smallest absolute Gasteiger partial charge is 0.112 e. The molecule has 1 atom stereocenters. The summed E-state index contributed by atoms with van der Waals surface area (Å²) in [6.45, 7) is 4.08. The van der Waals surface area contributed by atoms with E-state index in [1.54, 1.807) is 0 Å². The molecule has 0 spiro atoms. The van der Waals surface area contributed by atoms with Gasteiger partial charge in [0.15, 0.2) is 0 Å². The maximum atomic E-state index is 10.6. The van der Waals surface area contributed by atoms with Gasteiger partial charge in [0.2, 0.25) is 0 Å². The molecule has 0 aliphatic rings. The van der Waals surface area contributed by atoms with E-state index in [-0.39, 0.29) is 0 Å². The Labute approximate surface area is 124 Å². The number of hydrogen-bond donors (Lipinski definition) is 1. The number of benzene rings is 2. The summed E-state index contributed by atoms with van der Waals surface area (Å²) in [5, 5.41) is 10.6. The van der Waals surface area contributed by atoms with Crippen molar-refractivity contribution in [1.29, 1.82) is 0 Å². The minimum Gasteiger partial charge on any atom is -0.388 e. The van der Waals surface area contributed by atoms with E-state index in [0.29, 0.717) is 6.42 Å². The molecule has 0 saturated carbocycles. The van der Waals surface area contributed by atoms with Gasteiger partial charge in [-0.1, -0.05) is 30.3 Å². The summed E-state index contributed by atoms with van der Waals surface area (Å²) in [4.78, 5) is 4.64. The molecular formula is C18H20N2O. The standard InChI is InChI=1S/C18H20N2O/c1-12-7-6-8-13(2)18(12)16(21)11-17-19-14-9-4-5-10-15(14)20(17)3/h4-10,16,21H,11H2,1-3H3. The van der Waals surface area contributed by atoms with Crippen LogP contribution in [0.25, 0.3) is 11.0 Å². The van der Waals surface area contributed by atoms with Crippen LogP contribution < -0.4 is 0 Å². The normalized spacial score (nSPS) is 12.8. The molecule has 0 aliphatic heterocycles. The zero-order valence-corrected chi connectivity index (χ0v) is 12.7. The lowest BCUT2D eigenvalue weighted by atomic mass is 9.96. The highest BCUT2D eigenvalue weighted by atomic mass is 16.3. The summed E-state index contributed by atoms with van der Waals surface area (Å²) in [5.41, 5.74) is 5.34. The summed E-state index contributed by atoms with van der Waals surface area (Å²) in [6, 6.07) is 14.2. The van der Waals surface area contributed by atoms with E-state index >= 15 is 0 Å². The zero-order valence-electron chi connectivity index (χ0n) is 12.7. The lowest BCUT2D eigenvalue weighted by Gasteiger charge is -2.16. The van der Waals surface area contributed by atoms with Crippen molar-refractivity contribution in [2.24, 2.45) is 7.05 Å². The molecule has 0 bridgehead atoms. The van der Waals surface area contributed by atoms with Crippen LogP contribution in [0, 0.1) is 13.8 Å². The van der Waals surface area contributed by atoms with Crippen molar-refractivity contribution >= 4 is 11.0 Å². The number of rotatable bonds is 3. The van der Waals surface area contributed by atoms with Crippen molar-refractivity contribution < 1.29 is 5.11 Å². The van der Waals surface area contributed by atoms with Gasteiger partial charge < -0.3 is 9.67 Å². The molecule has 0 saturated heterocycles. The predicted octanol–water partition coefficient (Wildman–Crippen LogP) is 3.47.